The van der Waals surface area contributed by atoms with Crippen LogP contribution in [0.25, 0.3) is 0 Å². The highest BCUT2D eigenvalue weighted by Crippen LogP contribution is 2.13. The summed E-state index contributed by atoms with van der Waals surface area (Å²) in [6.45, 7) is 4.14. The monoisotopic (exact) mass is 566 g/mol. The van der Waals surface area contributed by atoms with Gasteiger partial charge in [-0.2, -0.15) is 0 Å². The number of aliphatic hydroxyl groups is 3. The summed E-state index contributed by atoms with van der Waals surface area (Å²) in [7, 11) is 0. The van der Waals surface area contributed by atoms with E-state index in [0.29, 0.717) is 6.42 Å². The summed E-state index contributed by atoms with van der Waals surface area (Å²) in [6, 6.07) is -0.754. The molecule has 5 heteroatoms. The molecule has 0 aliphatic heterocycles. The van der Waals surface area contributed by atoms with Crippen LogP contribution >= 0.6 is 0 Å². The molecule has 3 unspecified atom stereocenters. The molecule has 4 N–H and O–H groups in total. The van der Waals surface area contributed by atoms with Gasteiger partial charge in [0.1, 0.15) is 0 Å². The molecule has 0 fully saturated rings. The van der Waals surface area contributed by atoms with E-state index in [1.807, 2.05) is 6.08 Å². The van der Waals surface area contributed by atoms with E-state index in [4.69, 9.17) is 0 Å². The third-order valence-electron chi connectivity index (χ3n) is 7.74. The largest absolute Gasteiger partial charge is 0.394 e. The highest BCUT2D eigenvalue weighted by atomic mass is 16.3. The summed E-state index contributed by atoms with van der Waals surface area (Å²) >= 11 is 0. The molecule has 0 aromatic rings. The van der Waals surface area contributed by atoms with Gasteiger partial charge in [0.15, 0.2) is 0 Å². The van der Waals surface area contributed by atoms with Crippen LogP contribution < -0.4 is 5.32 Å². The molecule has 0 heterocycles. The first kappa shape index (κ1) is 38.8. The second-order valence-corrected chi connectivity index (χ2v) is 11.8. The number of hydrogen-bond donors (Lipinski definition) is 4. The number of aliphatic hydroxyl groups excluding tert-OH is 3. The number of carbonyl (C=O) groups excluding carboxylic acids is 1. The Morgan fingerprint density at radius 3 is 1.60 bits per heavy atom. The van der Waals surface area contributed by atoms with Gasteiger partial charge < -0.3 is 20.6 Å². The molecule has 1 amide bonds. The van der Waals surface area contributed by atoms with Crippen LogP contribution in [0.4, 0.5) is 0 Å². The van der Waals surface area contributed by atoms with Gasteiger partial charge in [-0.3, -0.25) is 4.79 Å². The third-order valence-corrected chi connectivity index (χ3v) is 7.74. The van der Waals surface area contributed by atoms with Gasteiger partial charge in [0.05, 0.1) is 31.3 Å². The average Bonchev–Trinajstić information content (AvgIpc) is 2.94. The molecule has 0 aromatic carbocycles. The molecule has 40 heavy (non-hydrogen) atoms. The summed E-state index contributed by atoms with van der Waals surface area (Å²) in [5.41, 5.74) is 0. The number of amides is 1. The van der Waals surface area contributed by atoms with E-state index in [1.54, 1.807) is 6.08 Å². The number of carbonyl (C=O) groups is 1. The highest BCUT2D eigenvalue weighted by molar-refractivity contribution is 5.76. The molecule has 0 radical (unpaired) electrons. The van der Waals surface area contributed by atoms with E-state index >= 15 is 0 Å². The molecular formula is C35H67NO4. The maximum absolute atomic E-state index is 12.2. The minimum absolute atomic E-state index is 0.00670. The van der Waals surface area contributed by atoms with Crippen molar-refractivity contribution in [3.8, 4) is 0 Å². The molecule has 0 saturated carbocycles. The maximum atomic E-state index is 12.2. The lowest BCUT2D eigenvalue weighted by Gasteiger charge is -2.21. The molecule has 0 aromatic heterocycles. The van der Waals surface area contributed by atoms with Crippen molar-refractivity contribution in [3.63, 3.8) is 0 Å². The van der Waals surface area contributed by atoms with E-state index in [1.165, 1.54) is 109 Å². The molecule has 3 atom stereocenters. The Morgan fingerprint density at radius 2 is 1.07 bits per heavy atom. The lowest BCUT2D eigenvalue weighted by Crippen LogP contribution is -2.45. The Hall–Kier alpha value is -1.17. The number of allylic oxidation sites excluding steroid dienone is 3. The topological polar surface area (TPSA) is 89.8 Å². The highest BCUT2D eigenvalue weighted by Gasteiger charge is 2.20. The smallest absolute Gasteiger partial charge is 0.222 e. The van der Waals surface area contributed by atoms with Gasteiger partial charge >= 0.3 is 0 Å². The zero-order valence-corrected chi connectivity index (χ0v) is 26.5. The molecule has 236 valence electrons. The van der Waals surface area contributed by atoms with Crippen LogP contribution in [0.1, 0.15) is 168 Å². The van der Waals surface area contributed by atoms with Crippen molar-refractivity contribution in [2.24, 2.45) is 0 Å². The van der Waals surface area contributed by atoms with Gasteiger partial charge in [-0.1, -0.05) is 154 Å². The Kier molecular flexibility index (Phi) is 29.9. The Bertz CT molecular complexity index is 592. The molecule has 0 spiro atoms. The predicted octanol–water partition coefficient (Wildman–Crippen LogP) is 8.70. The molecule has 0 saturated heterocycles. The maximum Gasteiger partial charge on any atom is 0.222 e. The lowest BCUT2D eigenvalue weighted by molar-refractivity contribution is -0.124. The SMILES string of the molecule is CCCCCCCCCCCCCC/C=C/CC/C=C/C(O)C(CO)NC(=O)CC(O)CCCCCCCCC. The van der Waals surface area contributed by atoms with E-state index in [2.05, 4.69) is 31.3 Å². The number of nitrogens with one attached hydrogen (secondary N) is 1. The predicted molar refractivity (Wildman–Crippen MR) is 171 cm³/mol. The third kappa shape index (κ3) is 27.0. The van der Waals surface area contributed by atoms with Crippen LogP contribution in [0.15, 0.2) is 24.3 Å². The number of unbranched alkanes of at least 4 members (excludes halogenated alkanes) is 19. The molecule has 0 bridgehead atoms. The second kappa shape index (κ2) is 30.8. The van der Waals surface area contributed by atoms with Gasteiger partial charge in [-0.25, -0.2) is 0 Å². The Labute approximate surface area is 248 Å². The average molecular weight is 566 g/mol. The van der Waals surface area contributed by atoms with E-state index in [-0.39, 0.29) is 18.9 Å². The van der Waals surface area contributed by atoms with Crippen molar-refractivity contribution < 1.29 is 20.1 Å². The number of rotatable bonds is 30. The summed E-state index contributed by atoms with van der Waals surface area (Å²) in [4.78, 5) is 12.2. The first-order valence-corrected chi connectivity index (χ1v) is 17.1. The van der Waals surface area contributed by atoms with Crippen molar-refractivity contribution in [2.45, 2.75) is 186 Å². The van der Waals surface area contributed by atoms with E-state index in [0.717, 1.165) is 32.1 Å². The zero-order valence-electron chi connectivity index (χ0n) is 26.5. The molecule has 0 aliphatic carbocycles. The summed E-state index contributed by atoms with van der Waals surface area (Å²) in [6.07, 6.45) is 34.6. The van der Waals surface area contributed by atoms with E-state index < -0.39 is 18.2 Å². The van der Waals surface area contributed by atoms with Crippen molar-refractivity contribution in [1.82, 2.24) is 5.32 Å². The summed E-state index contributed by atoms with van der Waals surface area (Å²) in [5.74, 6) is -0.331. The van der Waals surface area contributed by atoms with Crippen LogP contribution in [0.3, 0.4) is 0 Å². The van der Waals surface area contributed by atoms with Crippen molar-refractivity contribution in [3.05, 3.63) is 24.3 Å². The van der Waals surface area contributed by atoms with Crippen molar-refractivity contribution in [1.29, 1.82) is 0 Å². The first-order chi connectivity index (χ1) is 19.5. The van der Waals surface area contributed by atoms with Gasteiger partial charge in [0.2, 0.25) is 5.91 Å². The molecule has 5 nitrogen and oxygen atoms in total. The van der Waals surface area contributed by atoms with Crippen LogP contribution in [-0.2, 0) is 4.79 Å². The van der Waals surface area contributed by atoms with Crippen LogP contribution in [0, 0.1) is 0 Å². The summed E-state index contributed by atoms with van der Waals surface area (Å²) in [5, 5.41) is 32.8. The van der Waals surface area contributed by atoms with Crippen LogP contribution in [-0.4, -0.2) is 46.1 Å². The van der Waals surface area contributed by atoms with Gasteiger partial charge in [0, 0.05) is 0 Å². The fourth-order valence-corrected chi connectivity index (χ4v) is 5.06. The Balaban J connectivity index is 3.77. The standard InChI is InChI=1S/C35H67NO4/c1-3-5-7-9-11-12-13-14-15-16-17-18-19-20-21-23-25-27-29-34(39)33(31-37)36-35(40)30-32(38)28-26-24-22-10-8-6-4-2/h20-21,27,29,32-34,37-39H,3-19,22-26,28,30-31H2,1-2H3,(H,36,40)/b21-20+,29-27+. The first-order valence-electron chi connectivity index (χ1n) is 17.1. The molecule has 0 aliphatic rings. The van der Waals surface area contributed by atoms with Crippen LogP contribution in [0.2, 0.25) is 0 Å². The van der Waals surface area contributed by atoms with Gasteiger partial charge in [-0.05, 0) is 32.1 Å². The fraction of sp³-hybridized carbons (Fsp3) is 0.857. The summed E-state index contributed by atoms with van der Waals surface area (Å²) < 4.78 is 0. The van der Waals surface area contributed by atoms with E-state index in [9.17, 15) is 20.1 Å². The quantitative estimate of drug-likeness (QED) is 0.0518. The Morgan fingerprint density at radius 1 is 0.625 bits per heavy atom. The lowest BCUT2D eigenvalue weighted by atomic mass is 10.0. The van der Waals surface area contributed by atoms with Crippen molar-refractivity contribution >= 4 is 5.91 Å². The number of hydrogen-bond acceptors (Lipinski definition) is 4. The minimum atomic E-state index is -0.945. The minimum Gasteiger partial charge on any atom is -0.394 e. The molecular weight excluding hydrogens is 498 g/mol. The van der Waals surface area contributed by atoms with Gasteiger partial charge in [0.25, 0.3) is 0 Å². The van der Waals surface area contributed by atoms with Gasteiger partial charge in [-0.15, -0.1) is 0 Å². The fourth-order valence-electron chi connectivity index (χ4n) is 5.06. The van der Waals surface area contributed by atoms with Crippen molar-refractivity contribution in [2.75, 3.05) is 6.61 Å². The molecule has 0 rings (SSSR count). The zero-order chi connectivity index (χ0) is 29.5. The second-order valence-electron chi connectivity index (χ2n) is 11.8. The normalized spacial score (nSPS) is 14.2. The van der Waals surface area contributed by atoms with Crippen LogP contribution in [0.5, 0.6) is 0 Å².